The van der Waals surface area contributed by atoms with Crippen LogP contribution < -0.4 is 4.90 Å². The number of aromatic nitrogens is 1. The summed E-state index contributed by atoms with van der Waals surface area (Å²) in [5.41, 5.74) is 6.17. The third-order valence-electron chi connectivity index (χ3n) is 6.81. The lowest BCUT2D eigenvalue weighted by atomic mass is 10.1. The fourth-order valence-electron chi connectivity index (χ4n) is 4.65. The van der Waals surface area contributed by atoms with Gasteiger partial charge in [0.1, 0.15) is 0 Å². The molecule has 7 heteroatoms. The topological polar surface area (TPSA) is 59.9 Å². The summed E-state index contributed by atoms with van der Waals surface area (Å²) in [6.07, 6.45) is 0. The van der Waals surface area contributed by atoms with Crippen LogP contribution >= 0.6 is 11.3 Å². The van der Waals surface area contributed by atoms with Gasteiger partial charge in [0.2, 0.25) is 0 Å². The van der Waals surface area contributed by atoms with Crippen molar-refractivity contribution >= 4 is 22.4 Å². The van der Waals surface area contributed by atoms with Gasteiger partial charge in [-0.1, -0.05) is 66.7 Å². The molecule has 1 aromatic heterocycles. The van der Waals surface area contributed by atoms with E-state index >= 15 is 0 Å². The predicted molar refractivity (Wildman–Crippen MR) is 150 cm³/mol. The van der Waals surface area contributed by atoms with Gasteiger partial charge in [-0.25, -0.2) is 9.78 Å². The minimum absolute atomic E-state index is 0.303. The zero-order chi connectivity index (χ0) is 25.6. The molecule has 190 valence electrons. The number of hydrogen-bond acceptors (Lipinski definition) is 6. The number of piperazine rings is 1. The van der Waals surface area contributed by atoms with Crippen LogP contribution in [0.15, 0.2) is 84.2 Å². The highest BCUT2D eigenvalue weighted by atomic mass is 32.1. The van der Waals surface area contributed by atoms with E-state index in [9.17, 15) is 4.79 Å². The summed E-state index contributed by atoms with van der Waals surface area (Å²) in [6.45, 7) is 7.07. The summed E-state index contributed by atoms with van der Waals surface area (Å²) >= 11 is 1.62. The molecule has 0 radical (unpaired) electrons. The van der Waals surface area contributed by atoms with Gasteiger partial charge in [0, 0.05) is 63.8 Å². The van der Waals surface area contributed by atoms with Crippen LogP contribution in [0.5, 0.6) is 0 Å². The third kappa shape index (κ3) is 6.63. The highest BCUT2D eigenvalue weighted by Gasteiger charge is 2.17. The Morgan fingerprint density at radius 3 is 2.00 bits per heavy atom. The van der Waals surface area contributed by atoms with E-state index < -0.39 is 5.97 Å². The van der Waals surface area contributed by atoms with Crippen molar-refractivity contribution in [3.63, 3.8) is 0 Å². The molecule has 2 heterocycles. The summed E-state index contributed by atoms with van der Waals surface area (Å²) in [5, 5.41) is 12.1. The monoisotopic (exact) mass is 512 g/mol. The molecular weight excluding hydrogens is 480 g/mol. The van der Waals surface area contributed by atoms with Gasteiger partial charge in [0.25, 0.3) is 0 Å². The number of rotatable bonds is 9. The van der Waals surface area contributed by atoms with Crippen molar-refractivity contribution in [2.75, 3.05) is 38.1 Å². The predicted octanol–water partition coefficient (Wildman–Crippen LogP) is 5.46. The van der Waals surface area contributed by atoms with Crippen LogP contribution in [0.3, 0.4) is 0 Å². The highest BCUT2D eigenvalue weighted by molar-refractivity contribution is 7.14. The van der Waals surface area contributed by atoms with Gasteiger partial charge >= 0.3 is 5.97 Å². The van der Waals surface area contributed by atoms with Gasteiger partial charge in [0.05, 0.1) is 11.3 Å². The van der Waals surface area contributed by atoms with E-state index in [1.54, 1.807) is 23.5 Å². The molecule has 0 unspecified atom stereocenters. The molecule has 1 fully saturated rings. The summed E-state index contributed by atoms with van der Waals surface area (Å²) in [6, 6.07) is 26.5. The number of benzene rings is 3. The van der Waals surface area contributed by atoms with Gasteiger partial charge < -0.3 is 10.0 Å². The lowest BCUT2D eigenvalue weighted by molar-refractivity contribution is 0.0697. The Kier molecular flexibility index (Phi) is 7.94. The first kappa shape index (κ1) is 25.1. The molecule has 3 aromatic carbocycles. The lowest BCUT2D eigenvalue weighted by Gasteiger charge is -2.34. The Morgan fingerprint density at radius 1 is 0.838 bits per heavy atom. The molecule has 1 aliphatic rings. The first-order valence-corrected chi connectivity index (χ1v) is 13.5. The van der Waals surface area contributed by atoms with Crippen molar-refractivity contribution in [3.05, 3.63) is 106 Å². The van der Waals surface area contributed by atoms with Crippen LogP contribution in [-0.2, 0) is 19.6 Å². The van der Waals surface area contributed by atoms with Crippen LogP contribution in [0.4, 0.5) is 5.13 Å². The first-order valence-electron chi connectivity index (χ1n) is 12.6. The maximum Gasteiger partial charge on any atom is 0.335 e. The summed E-state index contributed by atoms with van der Waals surface area (Å²) in [5.74, 6) is -0.906. The third-order valence-corrected chi connectivity index (χ3v) is 7.76. The number of nitrogens with zero attached hydrogens (tertiary/aromatic N) is 4. The van der Waals surface area contributed by atoms with Crippen molar-refractivity contribution < 1.29 is 9.90 Å². The fraction of sp³-hybridized carbons (Fsp3) is 0.267. The van der Waals surface area contributed by atoms with Gasteiger partial charge in [-0.15, -0.1) is 11.3 Å². The van der Waals surface area contributed by atoms with Gasteiger partial charge in [-0.2, -0.15) is 0 Å². The quantitative estimate of drug-likeness (QED) is 0.321. The largest absolute Gasteiger partial charge is 0.478 e. The second kappa shape index (κ2) is 11.7. The number of carboxylic acids is 1. The zero-order valence-electron chi connectivity index (χ0n) is 21.1. The molecule has 6 nitrogen and oxygen atoms in total. The van der Waals surface area contributed by atoms with Crippen molar-refractivity contribution in [2.45, 2.75) is 19.6 Å². The molecule has 37 heavy (non-hydrogen) atoms. The minimum Gasteiger partial charge on any atom is -0.478 e. The number of anilines is 1. The number of carboxylic acid groups (broad SMARTS) is 1. The summed E-state index contributed by atoms with van der Waals surface area (Å²) in [4.78, 5) is 23.1. The molecule has 0 amide bonds. The number of carbonyl (C=O) groups is 1. The molecule has 0 spiro atoms. The Bertz CT molecular complexity index is 1300. The van der Waals surface area contributed by atoms with E-state index in [1.165, 1.54) is 11.1 Å². The number of hydrogen-bond donors (Lipinski definition) is 1. The molecule has 0 bridgehead atoms. The van der Waals surface area contributed by atoms with Gasteiger partial charge in [-0.3, -0.25) is 9.80 Å². The lowest BCUT2D eigenvalue weighted by Crippen LogP contribution is -2.45. The highest BCUT2D eigenvalue weighted by Crippen LogP contribution is 2.28. The number of thiazole rings is 1. The van der Waals surface area contributed by atoms with Crippen molar-refractivity contribution in [1.29, 1.82) is 0 Å². The number of aromatic carboxylic acids is 1. The zero-order valence-corrected chi connectivity index (χ0v) is 21.9. The van der Waals surface area contributed by atoms with E-state index in [1.807, 2.05) is 19.2 Å². The van der Waals surface area contributed by atoms with Crippen LogP contribution in [0.1, 0.15) is 27.0 Å². The van der Waals surface area contributed by atoms with E-state index in [-0.39, 0.29) is 0 Å². The van der Waals surface area contributed by atoms with Crippen molar-refractivity contribution in [1.82, 2.24) is 14.8 Å². The fourth-order valence-corrected chi connectivity index (χ4v) is 5.45. The van der Waals surface area contributed by atoms with E-state index in [0.717, 1.165) is 61.2 Å². The van der Waals surface area contributed by atoms with Crippen LogP contribution in [0, 0.1) is 0 Å². The molecular formula is C30H32N4O2S. The molecule has 1 saturated heterocycles. The first-order chi connectivity index (χ1) is 18.0. The molecule has 1 N–H and O–H groups in total. The molecule has 5 rings (SSSR count). The average Bonchev–Trinajstić information content (AvgIpc) is 3.42. The standard InChI is InChI=1S/C30H32N4O2S/c1-32(19-24-9-13-27(14-10-24)29(35)36)30-31-28(22-37-30)26-11-7-25(8-12-26)21-34-17-15-33(16-18-34)20-23-5-3-2-4-6-23/h2-14,22H,15-21H2,1H3,(H,35,36). The molecule has 0 aliphatic carbocycles. The Morgan fingerprint density at radius 2 is 1.41 bits per heavy atom. The smallest absolute Gasteiger partial charge is 0.335 e. The minimum atomic E-state index is -0.906. The normalized spacial score (nSPS) is 14.5. The van der Waals surface area contributed by atoms with Crippen LogP contribution in [0.2, 0.25) is 0 Å². The summed E-state index contributed by atoms with van der Waals surface area (Å²) in [7, 11) is 2.01. The van der Waals surface area contributed by atoms with Crippen LogP contribution in [-0.4, -0.2) is 59.1 Å². The molecule has 0 atom stereocenters. The maximum absolute atomic E-state index is 11.1. The van der Waals surface area contributed by atoms with E-state index in [2.05, 4.69) is 74.7 Å². The Labute approximate surface area is 222 Å². The SMILES string of the molecule is CN(Cc1ccc(C(=O)O)cc1)c1nc(-c2ccc(CN3CCN(Cc4ccccc4)CC3)cc2)cs1. The van der Waals surface area contributed by atoms with Crippen molar-refractivity contribution in [3.8, 4) is 11.3 Å². The van der Waals surface area contributed by atoms with E-state index in [0.29, 0.717) is 12.1 Å². The molecule has 0 saturated carbocycles. The summed E-state index contributed by atoms with van der Waals surface area (Å²) < 4.78 is 0. The average molecular weight is 513 g/mol. The maximum atomic E-state index is 11.1. The van der Waals surface area contributed by atoms with Crippen LogP contribution in [0.25, 0.3) is 11.3 Å². The Balaban J connectivity index is 1.12. The molecule has 1 aliphatic heterocycles. The second-order valence-electron chi connectivity index (χ2n) is 9.61. The van der Waals surface area contributed by atoms with Crippen molar-refractivity contribution in [2.24, 2.45) is 0 Å². The second-order valence-corrected chi connectivity index (χ2v) is 10.4. The Hall–Kier alpha value is -3.52. The van der Waals surface area contributed by atoms with E-state index in [4.69, 9.17) is 10.1 Å². The molecule has 4 aromatic rings. The van der Waals surface area contributed by atoms with Gasteiger partial charge in [0.15, 0.2) is 5.13 Å². The van der Waals surface area contributed by atoms with Gasteiger partial charge in [-0.05, 0) is 28.8 Å².